The molecule has 0 amide bonds. The van der Waals surface area contributed by atoms with Crippen molar-refractivity contribution >= 4 is 15.2 Å². The van der Waals surface area contributed by atoms with Gasteiger partial charge in [0.15, 0.2) is 0 Å². The van der Waals surface area contributed by atoms with Gasteiger partial charge in [-0.25, -0.2) is 0 Å². The summed E-state index contributed by atoms with van der Waals surface area (Å²) in [6.07, 6.45) is -0.579. The van der Waals surface area contributed by atoms with Crippen LogP contribution in [0.15, 0.2) is 0 Å². The second-order valence-electron chi connectivity index (χ2n) is 3.21. The summed E-state index contributed by atoms with van der Waals surface area (Å²) >= 11 is 0. The van der Waals surface area contributed by atoms with Crippen LogP contribution in [0.2, 0.25) is 0 Å². The zero-order valence-corrected chi connectivity index (χ0v) is 10.3. The van der Waals surface area contributed by atoms with Crippen LogP contribution < -0.4 is 0 Å². The number of rotatable bonds is 7. The first kappa shape index (κ1) is 15.3. The van der Waals surface area contributed by atoms with Crippen molar-refractivity contribution in [2.24, 2.45) is 0 Å². The van der Waals surface area contributed by atoms with Gasteiger partial charge in [-0.2, -0.15) is 0 Å². The molecule has 7 nitrogen and oxygen atoms in total. The Morgan fingerprint density at radius 3 is 1.47 bits per heavy atom. The molecule has 15 heavy (non-hydrogen) atoms. The van der Waals surface area contributed by atoms with Gasteiger partial charge in [0.1, 0.15) is 0 Å². The van der Waals surface area contributed by atoms with E-state index in [1.54, 1.807) is 11.8 Å². The molecule has 0 aromatic rings. The van der Waals surface area contributed by atoms with E-state index in [1.807, 2.05) is 0 Å². The van der Waals surface area contributed by atoms with E-state index >= 15 is 0 Å². The van der Waals surface area contributed by atoms with Crippen LogP contribution in [-0.4, -0.2) is 56.4 Å². The van der Waals surface area contributed by atoms with Gasteiger partial charge >= 0.3 is 15.2 Å². The van der Waals surface area contributed by atoms with Crippen LogP contribution in [0.25, 0.3) is 0 Å². The standard InChI is InChI=1S/C6H17NO6P2/c1-2-7(3-5-14(8,9)10)4-6-15(11,12)13/h2-6H2,1H3,(H2,8,9,10)(H2,11,12,13). The smallest absolute Gasteiger partial charge is 0.324 e. The lowest BCUT2D eigenvalue weighted by Crippen LogP contribution is -2.29. The Morgan fingerprint density at radius 2 is 1.27 bits per heavy atom. The minimum absolute atomic E-state index is 0.140. The van der Waals surface area contributed by atoms with Gasteiger partial charge in [0.2, 0.25) is 0 Å². The van der Waals surface area contributed by atoms with Crippen LogP contribution in [0.5, 0.6) is 0 Å². The van der Waals surface area contributed by atoms with E-state index in [9.17, 15) is 9.13 Å². The van der Waals surface area contributed by atoms with Crippen LogP contribution in [-0.2, 0) is 9.13 Å². The average molecular weight is 261 g/mol. The van der Waals surface area contributed by atoms with E-state index in [2.05, 4.69) is 0 Å². The Kier molecular flexibility index (Phi) is 6.21. The second-order valence-corrected chi connectivity index (χ2v) is 6.76. The Hall–Kier alpha value is 0.260. The summed E-state index contributed by atoms with van der Waals surface area (Å²) in [5.41, 5.74) is 0. The molecule has 4 N–H and O–H groups in total. The van der Waals surface area contributed by atoms with Crippen molar-refractivity contribution < 1.29 is 28.7 Å². The predicted octanol–water partition coefficient (Wildman–Crippen LogP) is -0.336. The number of nitrogens with zero attached hydrogens (tertiary/aromatic N) is 1. The molecule has 0 fully saturated rings. The van der Waals surface area contributed by atoms with E-state index in [4.69, 9.17) is 19.6 Å². The highest BCUT2D eigenvalue weighted by atomic mass is 31.2. The first-order chi connectivity index (χ1) is 6.64. The molecule has 0 saturated carbocycles. The molecular formula is C6H17NO6P2. The third kappa shape index (κ3) is 10.5. The van der Waals surface area contributed by atoms with Crippen molar-refractivity contribution in [3.05, 3.63) is 0 Å². The van der Waals surface area contributed by atoms with Gasteiger partial charge in [-0.3, -0.25) is 9.13 Å². The predicted molar refractivity (Wildman–Crippen MR) is 55.9 cm³/mol. The molecule has 0 spiro atoms. The van der Waals surface area contributed by atoms with Crippen molar-refractivity contribution in [1.29, 1.82) is 0 Å². The Bertz CT molecular complexity index is 245. The fraction of sp³-hybridized carbons (Fsp3) is 1.00. The Morgan fingerprint density at radius 1 is 0.933 bits per heavy atom. The molecule has 0 aliphatic rings. The van der Waals surface area contributed by atoms with Crippen LogP contribution in [0.1, 0.15) is 6.92 Å². The maximum Gasteiger partial charge on any atom is 0.326 e. The summed E-state index contributed by atoms with van der Waals surface area (Å²) in [7, 11) is -8.07. The topological polar surface area (TPSA) is 118 Å². The largest absolute Gasteiger partial charge is 0.326 e. The van der Waals surface area contributed by atoms with E-state index < -0.39 is 15.2 Å². The highest BCUT2D eigenvalue weighted by molar-refractivity contribution is 7.52. The SMILES string of the molecule is CCN(CCP(=O)(O)O)CCP(=O)(O)O. The molecule has 0 atom stereocenters. The molecule has 0 unspecified atom stereocenters. The minimum atomic E-state index is -4.03. The van der Waals surface area contributed by atoms with Gasteiger partial charge in [-0.15, -0.1) is 0 Å². The van der Waals surface area contributed by atoms with Gasteiger partial charge < -0.3 is 24.5 Å². The van der Waals surface area contributed by atoms with Gasteiger partial charge in [-0.05, 0) is 6.54 Å². The highest BCUT2D eigenvalue weighted by Crippen LogP contribution is 2.35. The van der Waals surface area contributed by atoms with Crippen molar-refractivity contribution in [3.63, 3.8) is 0 Å². The molecule has 0 aromatic heterocycles. The molecule has 9 heteroatoms. The van der Waals surface area contributed by atoms with E-state index in [1.165, 1.54) is 0 Å². The lowest BCUT2D eigenvalue weighted by Gasteiger charge is -2.20. The van der Waals surface area contributed by atoms with Gasteiger partial charge in [0.25, 0.3) is 0 Å². The van der Waals surface area contributed by atoms with Gasteiger partial charge in [-0.1, -0.05) is 6.92 Å². The highest BCUT2D eigenvalue weighted by Gasteiger charge is 2.18. The quantitative estimate of drug-likeness (QED) is 0.463. The second kappa shape index (κ2) is 6.11. The normalized spacial score (nSPS) is 13.5. The third-order valence-corrected chi connectivity index (χ3v) is 3.43. The Balaban J connectivity index is 3.95. The molecule has 0 saturated heterocycles. The first-order valence-electron chi connectivity index (χ1n) is 4.45. The molecule has 0 aliphatic carbocycles. The summed E-state index contributed by atoms with van der Waals surface area (Å²) in [6, 6.07) is 0. The van der Waals surface area contributed by atoms with Gasteiger partial charge in [0, 0.05) is 13.1 Å². The summed E-state index contributed by atoms with van der Waals surface area (Å²) in [4.78, 5) is 36.1. The lowest BCUT2D eigenvalue weighted by atomic mass is 10.5. The van der Waals surface area contributed by atoms with Crippen molar-refractivity contribution in [2.45, 2.75) is 6.92 Å². The third-order valence-electron chi connectivity index (χ3n) is 1.86. The maximum atomic E-state index is 10.6. The molecule has 0 rings (SSSR count). The van der Waals surface area contributed by atoms with Crippen LogP contribution >= 0.6 is 15.2 Å². The summed E-state index contributed by atoms with van der Waals surface area (Å²) < 4.78 is 21.1. The fourth-order valence-electron chi connectivity index (χ4n) is 0.971. The monoisotopic (exact) mass is 261 g/mol. The zero-order valence-electron chi connectivity index (χ0n) is 8.48. The van der Waals surface area contributed by atoms with Crippen molar-refractivity contribution in [3.8, 4) is 0 Å². The summed E-state index contributed by atoms with van der Waals surface area (Å²) in [5, 5.41) is 0. The zero-order chi connectivity index (χ0) is 12.1. The molecule has 0 radical (unpaired) electrons. The average Bonchev–Trinajstić information content (AvgIpc) is 2.00. The molecule has 92 valence electrons. The maximum absolute atomic E-state index is 10.6. The Labute approximate surface area is 88.4 Å². The molecule has 0 aromatic carbocycles. The summed E-state index contributed by atoms with van der Waals surface area (Å²) in [5.74, 6) is 0. The first-order valence-corrected chi connectivity index (χ1v) is 8.05. The van der Waals surface area contributed by atoms with Gasteiger partial charge in [0.05, 0.1) is 12.3 Å². The van der Waals surface area contributed by atoms with Crippen LogP contribution in [0.4, 0.5) is 0 Å². The fourth-order valence-corrected chi connectivity index (χ4v) is 2.06. The van der Waals surface area contributed by atoms with E-state index in [-0.39, 0.29) is 25.4 Å². The molecular weight excluding hydrogens is 244 g/mol. The van der Waals surface area contributed by atoms with Crippen LogP contribution in [0, 0.1) is 0 Å². The van der Waals surface area contributed by atoms with Crippen molar-refractivity contribution in [1.82, 2.24) is 4.90 Å². The molecule has 0 bridgehead atoms. The van der Waals surface area contributed by atoms with Crippen LogP contribution in [0.3, 0.4) is 0 Å². The van der Waals surface area contributed by atoms with Crippen molar-refractivity contribution in [2.75, 3.05) is 32.0 Å². The molecule has 0 aliphatic heterocycles. The number of hydrogen-bond acceptors (Lipinski definition) is 3. The summed E-state index contributed by atoms with van der Waals surface area (Å²) in [6.45, 7) is 2.54. The van der Waals surface area contributed by atoms with E-state index in [0.717, 1.165) is 0 Å². The van der Waals surface area contributed by atoms with E-state index in [0.29, 0.717) is 6.54 Å². The number of hydrogen-bond donors (Lipinski definition) is 4. The molecule has 0 heterocycles. The minimum Gasteiger partial charge on any atom is -0.324 e. The lowest BCUT2D eigenvalue weighted by molar-refractivity contribution is 0.296.